The molecule has 1 N–H and O–H groups in total. The van der Waals surface area contributed by atoms with Crippen molar-refractivity contribution in [1.29, 1.82) is 0 Å². The molecule has 1 aliphatic heterocycles. The summed E-state index contributed by atoms with van der Waals surface area (Å²) in [6.07, 6.45) is -1.22. The lowest BCUT2D eigenvalue weighted by molar-refractivity contribution is -0.139. The van der Waals surface area contributed by atoms with Crippen molar-refractivity contribution in [2.75, 3.05) is 6.67 Å². The van der Waals surface area contributed by atoms with Gasteiger partial charge in [-0.15, -0.1) is 0 Å². The van der Waals surface area contributed by atoms with Gasteiger partial charge in [0.2, 0.25) is 0 Å². The van der Waals surface area contributed by atoms with Crippen LogP contribution in [0.3, 0.4) is 0 Å². The topological polar surface area (TPSA) is 46.5 Å². The molecule has 1 aromatic carbocycles. The van der Waals surface area contributed by atoms with Crippen LogP contribution in [0.2, 0.25) is 5.02 Å². The normalized spacial score (nSPS) is 16.7. The molecule has 1 atom stereocenters. The molecule has 1 heterocycles. The standard InChI is InChI=1S/C12H7BrClF3O3.C2H6/c13-6-1-5-2-7(11(18)19)10(12(16,17)4-15)20-9(5)8(14)3-6;1-2/h1-3,10H,4H2,(H,18,19);1-2H3. The summed E-state index contributed by atoms with van der Waals surface area (Å²) in [6.45, 7) is 1.96. The van der Waals surface area contributed by atoms with E-state index in [2.05, 4.69) is 15.9 Å². The van der Waals surface area contributed by atoms with Gasteiger partial charge < -0.3 is 9.84 Å². The summed E-state index contributed by atoms with van der Waals surface area (Å²) in [5.74, 6) is -5.67. The highest BCUT2D eigenvalue weighted by Gasteiger charge is 2.48. The summed E-state index contributed by atoms with van der Waals surface area (Å²) in [5, 5.41) is 9.01. The van der Waals surface area contributed by atoms with Gasteiger partial charge in [-0.05, 0) is 18.2 Å². The van der Waals surface area contributed by atoms with Crippen LogP contribution in [0.25, 0.3) is 6.08 Å². The predicted molar refractivity (Wildman–Crippen MR) is 81.5 cm³/mol. The monoisotopic (exact) mass is 400 g/mol. The van der Waals surface area contributed by atoms with Gasteiger partial charge in [0.15, 0.2) is 12.8 Å². The number of carboxylic acids is 1. The molecule has 1 aromatic rings. The molecule has 0 radical (unpaired) electrons. The third-order valence-electron chi connectivity index (χ3n) is 2.67. The molecular weight excluding hydrogens is 389 g/mol. The molecule has 0 aliphatic carbocycles. The molecule has 1 unspecified atom stereocenters. The average molecular weight is 402 g/mol. The molecule has 1 aliphatic rings. The van der Waals surface area contributed by atoms with Gasteiger partial charge in [-0.1, -0.05) is 41.4 Å². The highest BCUT2D eigenvalue weighted by Crippen LogP contribution is 2.42. The Hall–Kier alpha value is -1.21. The van der Waals surface area contributed by atoms with Crippen LogP contribution < -0.4 is 4.74 Å². The van der Waals surface area contributed by atoms with Gasteiger partial charge in [-0.25, -0.2) is 9.18 Å². The summed E-state index contributed by atoms with van der Waals surface area (Å²) in [5.41, 5.74) is -0.498. The zero-order chi connectivity index (χ0) is 17.1. The van der Waals surface area contributed by atoms with Crippen LogP contribution in [0, 0.1) is 0 Å². The summed E-state index contributed by atoms with van der Waals surface area (Å²) < 4.78 is 44.9. The van der Waals surface area contributed by atoms with Crippen LogP contribution in [0.5, 0.6) is 5.75 Å². The molecule has 0 spiro atoms. The molecule has 2 rings (SSSR count). The minimum Gasteiger partial charge on any atom is -0.478 e. The van der Waals surface area contributed by atoms with Crippen molar-refractivity contribution in [3.63, 3.8) is 0 Å². The number of alkyl halides is 3. The molecule has 0 saturated carbocycles. The average Bonchev–Trinajstić information content (AvgIpc) is 2.47. The molecule has 22 heavy (non-hydrogen) atoms. The van der Waals surface area contributed by atoms with Crippen LogP contribution in [-0.4, -0.2) is 29.8 Å². The van der Waals surface area contributed by atoms with Crippen molar-refractivity contribution in [3.05, 3.63) is 32.8 Å². The fraction of sp³-hybridized carbons (Fsp3) is 0.357. The van der Waals surface area contributed by atoms with Gasteiger partial charge in [0.1, 0.15) is 5.75 Å². The van der Waals surface area contributed by atoms with E-state index in [-0.39, 0.29) is 16.3 Å². The summed E-state index contributed by atoms with van der Waals surface area (Å²) in [7, 11) is 0. The van der Waals surface area contributed by atoms with Gasteiger partial charge in [0.25, 0.3) is 0 Å². The van der Waals surface area contributed by atoms with E-state index >= 15 is 0 Å². The maximum absolute atomic E-state index is 13.5. The third-order valence-corrected chi connectivity index (χ3v) is 3.41. The second kappa shape index (κ2) is 7.37. The Morgan fingerprint density at radius 1 is 1.45 bits per heavy atom. The van der Waals surface area contributed by atoms with Crippen LogP contribution in [-0.2, 0) is 4.79 Å². The maximum atomic E-state index is 13.5. The molecule has 0 aromatic heterocycles. The molecule has 3 nitrogen and oxygen atoms in total. The lowest BCUT2D eigenvalue weighted by Gasteiger charge is -2.30. The number of aliphatic carboxylic acids is 1. The van der Waals surface area contributed by atoms with Crippen LogP contribution >= 0.6 is 27.5 Å². The Balaban J connectivity index is 0.00000116. The quantitative estimate of drug-likeness (QED) is 0.778. The zero-order valence-electron chi connectivity index (χ0n) is 11.7. The number of carboxylic acid groups (broad SMARTS) is 1. The van der Waals surface area contributed by atoms with Gasteiger partial charge in [-0.2, -0.15) is 8.78 Å². The molecule has 8 heteroatoms. The van der Waals surface area contributed by atoms with E-state index in [4.69, 9.17) is 21.4 Å². The molecular formula is C14H13BrClF3O3. The first-order chi connectivity index (χ1) is 10.3. The predicted octanol–water partition coefficient (Wildman–Crippen LogP) is 4.96. The lowest BCUT2D eigenvalue weighted by Crippen LogP contribution is -2.44. The summed E-state index contributed by atoms with van der Waals surface area (Å²) >= 11 is 9.00. The molecule has 0 bridgehead atoms. The molecule has 122 valence electrons. The Morgan fingerprint density at radius 3 is 2.55 bits per heavy atom. The Morgan fingerprint density at radius 2 is 2.05 bits per heavy atom. The fourth-order valence-corrected chi connectivity index (χ4v) is 2.67. The third kappa shape index (κ3) is 3.76. The van der Waals surface area contributed by atoms with Gasteiger partial charge in [-0.3, -0.25) is 0 Å². The number of halogens is 5. The van der Waals surface area contributed by atoms with Crippen molar-refractivity contribution >= 4 is 39.6 Å². The number of fused-ring (bicyclic) bond motifs is 1. The summed E-state index contributed by atoms with van der Waals surface area (Å²) in [6, 6.07) is 2.87. The van der Waals surface area contributed by atoms with Crippen LogP contribution in [0.15, 0.2) is 22.2 Å². The number of hydrogen-bond donors (Lipinski definition) is 1. The molecule has 0 saturated heterocycles. The fourth-order valence-electron chi connectivity index (χ4n) is 1.79. The number of rotatable bonds is 3. The van der Waals surface area contributed by atoms with E-state index in [1.807, 2.05) is 13.8 Å². The van der Waals surface area contributed by atoms with Crippen molar-refractivity contribution in [2.45, 2.75) is 25.9 Å². The lowest BCUT2D eigenvalue weighted by atomic mass is 9.98. The first-order valence-electron chi connectivity index (χ1n) is 6.30. The minimum absolute atomic E-state index is 0.0229. The largest absolute Gasteiger partial charge is 0.478 e. The van der Waals surface area contributed by atoms with Crippen molar-refractivity contribution in [1.82, 2.24) is 0 Å². The second-order valence-electron chi connectivity index (χ2n) is 4.10. The smallest absolute Gasteiger partial charge is 0.335 e. The number of hydrogen-bond acceptors (Lipinski definition) is 2. The van der Waals surface area contributed by atoms with Crippen LogP contribution in [0.4, 0.5) is 13.2 Å². The summed E-state index contributed by atoms with van der Waals surface area (Å²) in [4.78, 5) is 11.1. The van der Waals surface area contributed by atoms with Crippen molar-refractivity contribution in [2.24, 2.45) is 0 Å². The van der Waals surface area contributed by atoms with Gasteiger partial charge in [0, 0.05) is 10.0 Å². The highest BCUT2D eigenvalue weighted by atomic mass is 79.9. The van der Waals surface area contributed by atoms with E-state index < -0.39 is 30.2 Å². The molecule has 0 fully saturated rings. The maximum Gasteiger partial charge on any atom is 0.335 e. The van der Waals surface area contributed by atoms with E-state index in [0.717, 1.165) is 6.08 Å². The van der Waals surface area contributed by atoms with E-state index in [9.17, 15) is 18.0 Å². The van der Waals surface area contributed by atoms with E-state index in [1.54, 1.807) is 0 Å². The SMILES string of the molecule is CC.O=C(O)C1=Cc2cc(Br)cc(Cl)c2OC1C(F)(F)CF. The van der Waals surface area contributed by atoms with Gasteiger partial charge >= 0.3 is 11.9 Å². The number of benzene rings is 1. The Bertz CT molecular complexity index is 605. The first-order valence-corrected chi connectivity index (χ1v) is 7.47. The number of carbonyl (C=O) groups is 1. The number of ether oxygens (including phenoxy) is 1. The second-order valence-corrected chi connectivity index (χ2v) is 5.43. The zero-order valence-corrected chi connectivity index (χ0v) is 14.0. The molecule has 0 amide bonds. The highest BCUT2D eigenvalue weighted by molar-refractivity contribution is 9.10. The van der Waals surface area contributed by atoms with Crippen molar-refractivity contribution < 1.29 is 27.8 Å². The van der Waals surface area contributed by atoms with E-state index in [1.165, 1.54) is 12.1 Å². The Kier molecular flexibility index (Phi) is 6.31. The Labute approximate surface area is 138 Å². The van der Waals surface area contributed by atoms with Gasteiger partial charge in [0.05, 0.1) is 10.6 Å². The van der Waals surface area contributed by atoms with Crippen molar-refractivity contribution in [3.8, 4) is 5.75 Å². The van der Waals surface area contributed by atoms with E-state index in [0.29, 0.717) is 4.47 Å². The van der Waals surface area contributed by atoms with Crippen LogP contribution in [0.1, 0.15) is 19.4 Å². The minimum atomic E-state index is -3.96. The first kappa shape index (κ1) is 18.8.